The molecule has 3 rings (SSSR count). The molecule has 18 heavy (non-hydrogen) atoms. The van der Waals surface area contributed by atoms with Gasteiger partial charge in [-0.2, -0.15) is 9.90 Å². The normalized spacial score (nSPS) is 13.0. The summed E-state index contributed by atoms with van der Waals surface area (Å²) < 4.78 is 1.66. The predicted molar refractivity (Wildman–Crippen MR) is 60.4 cm³/mol. The zero-order chi connectivity index (χ0) is 12.5. The van der Waals surface area contributed by atoms with Gasteiger partial charge in [0, 0.05) is 24.4 Å². The van der Waals surface area contributed by atoms with Crippen LogP contribution in [0.1, 0.15) is 17.5 Å². The van der Waals surface area contributed by atoms with Crippen LogP contribution >= 0.6 is 0 Å². The molecule has 0 fully saturated rings. The van der Waals surface area contributed by atoms with E-state index in [4.69, 9.17) is 0 Å². The van der Waals surface area contributed by atoms with E-state index in [2.05, 4.69) is 25.5 Å². The SMILES string of the molecule is Cn1nnc(CC(O)c2cnn3ccncc23)n1. The van der Waals surface area contributed by atoms with Gasteiger partial charge in [0.05, 0.1) is 31.1 Å². The molecule has 0 bridgehead atoms. The molecule has 3 aromatic rings. The van der Waals surface area contributed by atoms with E-state index in [-0.39, 0.29) is 0 Å². The summed E-state index contributed by atoms with van der Waals surface area (Å²) in [6, 6.07) is 0. The van der Waals surface area contributed by atoms with Crippen LogP contribution in [0.3, 0.4) is 0 Å². The van der Waals surface area contributed by atoms with Gasteiger partial charge < -0.3 is 5.11 Å². The second-order valence-corrected chi connectivity index (χ2v) is 3.92. The molecule has 0 aliphatic rings. The first-order valence-corrected chi connectivity index (χ1v) is 5.42. The molecule has 1 N–H and O–H groups in total. The molecular formula is C10H11N7O. The predicted octanol–water partition coefficient (Wildman–Crippen LogP) is -0.471. The first-order chi connectivity index (χ1) is 8.74. The Hall–Kier alpha value is -2.35. The van der Waals surface area contributed by atoms with Gasteiger partial charge in [-0.1, -0.05) is 0 Å². The summed E-state index contributed by atoms with van der Waals surface area (Å²) in [6.07, 6.45) is 6.22. The monoisotopic (exact) mass is 245 g/mol. The highest BCUT2D eigenvalue weighted by Crippen LogP contribution is 2.20. The number of nitrogens with zero attached hydrogens (tertiary/aromatic N) is 7. The van der Waals surface area contributed by atoms with Crippen LogP contribution in [-0.4, -0.2) is 39.9 Å². The van der Waals surface area contributed by atoms with E-state index in [0.29, 0.717) is 17.8 Å². The van der Waals surface area contributed by atoms with Crippen molar-refractivity contribution < 1.29 is 5.11 Å². The number of aryl methyl sites for hydroxylation is 1. The standard InChI is InChI=1S/C10H11N7O/c1-16-14-10(13-15-16)4-9(18)7-5-12-17-3-2-11-6-8(7)17/h2-3,5-6,9,18H,4H2,1H3. The fourth-order valence-corrected chi connectivity index (χ4v) is 1.80. The number of hydrogen-bond donors (Lipinski definition) is 1. The molecule has 3 heterocycles. The third-order valence-corrected chi connectivity index (χ3v) is 2.64. The van der Waals surface area contributed by atoms with E-state index in [1.165, 1.54) is 4.80 Å². The smallest absolute Gasteiger partial charge is 0.177 e. The fraction of sp³-hybridized carbons (Fsp3) is 0.300. The highest BCUT2D eigenvalue weighted by Gasteiger charge is 2.16. The van der Waals surface area contributed by atoms with Crippen molar-refractivity contribution in [2.45, 2.75) is 12.5 Å². The van der Waals surface area contributed by atoms with Gasteiger partial charge in [0.2, 0.25) is 0 Å². The summed E-state index contributed by atoms with van der Waals surface area (Å²) >= 11 is 0. The summed E-state index contributed by atoms with van der Waals surface area (Å²) in [5, 5.41) is 25.9. The molecule has 3 aromatic heterocycles. The number of fused-ring (bicyclic) bond motifs is 1. The van der Waals surface area contributed by atoms with E-state index in [0.717, 1.165) is 5.52 Å². The first kappa shape index (κ1) is 10.8. The van der Waals surface area contributed by atoms with E-state index < -0.39 is 6.10 Å². The Bertz CT molecular complexity index is 673. The molecule has 0 aliphatic heterocycles. The van der Waals surface area contributed by atoms with Gasteiger partial charge in [-0.25, -0.2) is 4.52 Å². The lowest BCUT2D eigenvalue weighted by atomic mass is 10.1. The van der Waals surface area contributed by atoms with Gasteiger partial charge in [0.25, 0.3) is 0 Å². The average molecular weight is 245 g/mol. The molecule has 0 amide bonds. The fourth-order valence-electron chi connectivity index (χ4n) is 1.80. The van der Waals surface area contributed by atoms with Crippen LogP contribution in [0.5, 0.6) is 0 Å². The van der Waals surface area contributed by atoms with Crippen LogP contribution in [0.15, 0.2) is 24.8 Å². The Morgan fingerprint density at radius 3 is 3.06 bits per heavy atom. The maximum atomic E-state index is 10.2. The Morgan fingerprint density at radius 2 is 2.28 bits per heavy atom. The number of tetrazole rings is 1. The second-order valence-electron chi connectivity index (χ2n) is 3.92. The topological polar surface area (TPSA) is 94.0 Å². The lowest BCUT2D eigenvalue weighted by Crippen LogP contribution is -2.04. The van der Waals surface area contributed by atoms with Crippen molar-refractivity contribution >= 4 is 5.52 Å². The van der Waals surface area contributed by atoms with Crippen LogP contribution in [0.25, 0.3) is 5.52 Å². The first-order valence-electron chi connectivity index (χ1n) is 5.42. The van der Waals surface area contributed by atoms with Crippen LogP contribution < -0.4 is 0 Å². The molecule has 8 nitrogen and oxygen atoms in total. The molecule has 0 saturated heterocycles. The minimum Gasteiger partial charge on any atom is -0.388 e. The van der Waals surface area contributed by atoms with Gasteiger partial charge in [0.1, 0.15) is 0 Å². The minimum absolute atomic E-state index is 0.296. The van der Waals surface area contributed by atoms with Gasteiger partial charge in [-0.15, -0.1) is 10.2 Å². The van der Waals surface area contributed by atoms with Gasteiger partial charge in [-0.3, -0.25) is 4.98 Å². The lowest BCUT2D eigenvalue weighted by Gasteiger charge is -2.05. The van der Waals surface area contributed by atoms with Crippen LogP contribution in [0.2, 0.25) is 0 Å². The number of aliphatic hydroxyl groups excluding tert-OH is 1. The van der Waals surface area contributed by atoms with Crippen molar-refractivity contribution in [3.8, 4) is 0 Å². The Labute approximate surface area is 102 Å². The molecule has 0 radical (unpaired) electrons. The third-order valence-electron chi connectivity index (χ3n) is 2.64. The largest absolute Gasteiger partial charge is 0.388 e. The highest BCUT2D eigenvalue weighted by atomic mass is 16.3. The average Bonchev–Trinajstić information content (AvgIpc) is 2.95. The van der Waals surface area contributed by atoms with E-state index in [9.17, 15) is 5.11 Å². The molecule has 0 aliphatic carbocycles. The molecule has 0 spiro atoms. The van der Waals surface area contributed by atoms with E-state index in [1.807, 2.05) is 0 Å². The number of aliphatic hydroxyl groups is 1. The summed E-state index contributed by atoms with van der Waals surface area (Å²) in [5.41, 5.74) is 1.48. The van der Waals surface area contributed by atoms with Crippen LogP contribution in [-0.2, 0) is 13.5 Å². The number of hydrogen-bond acceptors (Lipinski definition) is 6. The van der Waals surface area contributed by atoms with E-state index in [1.54, 1.807) is 36.4 Å². The van der Waals surface area contributed by atoms with Crippen molar-refractivity contribution in [2.75, 3.05) is 0 Å². The second kappa shape index (κ2) is 4.15. The molecule has 0 saturated carbocycles. The van der Waals surface area contributed by atoms with Crippen molar-refractivity contribution in [3.05, 3.63) is 36.2 Å². The molecule has 1 atom stereocenters. The van der Waals surface area contributed by atoms with Crippen molar-refractivity contribution in [1.29, 1.82) is 0 Å². The minimum atomic E-state index is -0.726. The Kier molecular flexibility index (Phi) is 2.49. The number of rotatable bonds is 3. The van der Waals surface area contributed by atoms with Crippen LogP contribution in [0.4, 0.5) is 0 Å². The maximum Gasteiger partial charge on any atom is 0.177 e. The van der Waals surface area contributed by atoms with Crippen molar-refractivity contribution in [2.24, 2.45) is 7.05 Å². The summed E-state index contributed by atoms with van der Waals surface area (Å²) in [4.78, 5) is 5.38. The van der Waals surface area contributed by atoms with Gasteiger partial charge >= 0.3 is 0 Å². The summed E-state index contributed by atoms with van der Waals surface area (Å²) in [6.45, 7) is 0. The van der Waals surface area contributed by atoms with E-state index >= 15 is 0 Å². The van der Waals surface area contributed by atoms with Crippen LogP contribution in [0, 0.1) is 0 Å². The maximum absolute atomic E-state index is 10.2. The van der Waals surface area contributed by atoms with Gasteiger partial charge in [-0.05, 0) is 5.21 Å². The molecule has 92 valence electrons. The summed E-state index contributed by atoms with van der Waals surface area (Å²) in [7, 11) is 1.68. The van der Waals surface area contributed by atoms with Crippen molar-refractivity contribution in [3.63, 3.8) is 0 Å². The third kappa shape index (κ3) is 1.82. The Morgan fingerprint density at radius 1 is 1.39 bits per heavy atom. The van der Waals surface area contributed by atoms with Gasteiger partial charge in [0.15, 0.2) is 5.82 Å². The van der Waals surface area contributed by atoms with Crippen molar-refractivity contribution in [1.82, 2.24) is 34.8 Å². The lowest BCUT2D eigenvalue weighted by molar-refractivity contribution is 0.177. The molecule has 8 heteroatoms. The summed E-state index contributed by atoms with van der Waals surface area (Å²) in [5.74, 6) is 0.494. The Balaban J connectivity index is 1.90. The molecule has 0 aromatic carbocycles. The molecular weight excluding hydrogens is 234 g/mol. The number of aromatic nitrogens is 7. The zero-order valence-electron chi connectivity index (χ0n) is 9.67. The highest BCUT2D eigenvalue weighted by molar-refractivity contribution is 5.52. The molecule has 1 unspecified atom stereocenters. The zero-order valence-corrected chi connectivity index (χ0v) is 9.67. The quantitative estimate of drug-likeness (QED) is 0.670.